The first-order chi connectivity index (χ1) is 10.8. The van der Waals surface area contributed by atoms with Gasteiger partial charge in [-0.15, -0.1) is 0 Å². The maximum Gasteiger partial charge on any atom is 0.220 e. The van der Waals surface area contributed by atoms with Crippen molar-refractivity contribution in [1.29, 1.82) is 0 Å². The van der Waals surface area contributed by atoms with Crippen LogP contribution in [0.2, 0.25) is 0 Å². The number of allylic oxidation sites excluding steroid dienone is 1. The summed E-state index contributed by atoms with van der Waals surface area (Å²) >= 11 is 1.60. The third-order valence-corrected chi connectivity index (χ3v) is 4.85. The van der Waals surface area contributed by atoms with Gasteiger partial charge in [0, 0.05) is 24.5 Å². The molecule has 1 aromatic carbocycles. The average Bonchev–Trinajstić information content (AvgIpc) is 2.54. The number of halogens is 1. The van der Waals surface area contributed by atoms with E-state index in [1.165, 1.54) is 37.3 Å². The average molecular weight is 321 g/mol. The molecule has 2 rings (SSSR count). The number of nitrogens with one attached hydrogen (secondary N) is 1. The Labute approximate surface area is 136 Å². The molecule has 22 heavy (non-hydrogen) atoms. The number of carbonyl (C=O) groups is 1. The second-order valence-electron chi connectivity index (χ2n) is 5.60. The first kappa shape index (κ1) is 17.1. The van der Waals surface area contributed by atoms with E-state index in [-0.39, 0.29) is 11.7 Å². The zero-order valence-corrected chi connectivity index (χ0v) is 13.8. The second-order valence-corrected chi connectivity index (χ2v) is 6.71. The maximum absolute atomic E-state index is 13.4. The van der Waals surface area contributed by atoms with Gasteiger partial charge in [0.15, 0.2) is 0 Å². The van der Waals surface area contributed by atoms with Gasteiger partial charge in [0.1, 0.15) is 5.82 Å². The number of hydrogen-bond donors (Lipinski definition) is 1. The highest BCUT2D eigenvalue weighted by Crippen LogP contribution is 2.19. The molecule has 0 heterocycles. The lowest BCUT2D eigenvalue weighted by Crippen LogP contribution is -2.25. The minimum Gasteiger partial charge on any atom is -0.356 e. The van der Waals surface area contributed by atoms with Crippen LogP contribution in [0, 0.1) is 5.82 Å². The molecule has 0 bridgehead atoms. The van der Waals surface area contributed by atoms with Crippen LogP contribution in [0.4, 0.5) is 4.39 Å². The zero-order valence-electron chi connectivity index (χ0n) is 12.9. The molecular weight excluding hydrogens is 297 g/mol. The van der Waals surface area contributed by atoms with Crippen LogP contribution in [0.25, 0.3) is 0 Å². The Morgan fingerprint density at radius 2 is 2.14 bits per heavy atom. The molecule has 0 aliphatic heterocycles. The van der Waals surface area contributed by atoms with Gasteiger partial charge in [-0.3, -0.25) is 4.79 Å². The molecule has 1 N–H and O–H groups in total. The van der Waals surface area contributed by atoms with Crippen molar-refractivity contribution in [2.45, 2.75) is 44.3 Å². The monoisotopic (exact) mass is 321 g/mol. The summed E-state index contributed by atoms with van der Waals surface area (Å²) in [5, 5.41) is 2.97. The smallest absolute Gasteiger partial charge is 0.220 e. The molecule has 0 spiro atoms. The van der Waals surface area contributed by atoms with E-state index in [2.05, 4.69) is 11.4 Å². The van der Waals surface area contributed by atoms with E-state index in [1.807, 2.05) is 6.07 Å². The molecule has 0 saturated carbocycles. The maximum atomic E-state index is 13.4. The molecule has 0 aromatic heterocycles. The van der Waals surface area contributed by atoms with Gasteiger partial charge in [-0.05, 0) is 43.7 Å². The lowest BCUT2D eigenvalue weighted by atomic mass is 9.97. The number of benzene rings is 1. The van der Waals surface area contributed by atoms with Crippen molar-refractivity contribution in [2.75, 3.05) is 12.3 Å². The van der Waals surface area contributed by atoms with E-state index in [1.54, 1.807) is 23.9 Å². The van der Waals surface area contributed by atoms with E-state index in [4.69, 9.17) is 0 Å². The van der Waals surface area contributed by atoms with Crippen LogP contribution in [0.15, 0.2) is 35.9 Å². The normalized spacial score (nSPS) is 14.5. The predicted molar refractivity (Wildman–Crippen MR) is 91.4 cm³/mol. The molecular formula is C18H24FNOS. The molecule has 1 aliphatic rings. The summed E-state index contributed by atoms with van der Waals surface area (Å²) in [6.45, 7) is 0.739. The largest absolute Gasteiger partial charge is 0.356 e. The molecule has 0 saturated heterocycles. The number of carbonyl (C=O) groups excluding carboxylic acids is 1. The van der Waals surface area contributed by atoms with Crippen molar-refractivity contribution in [2.24, 2.45) is 0 Å². The van der Waals surface area contributed by atoms with E-state index in [9.17, 15) is 9.18 Å². The van der Waals surface area contributed by atoms with E-state index >= 15 is 0 Å². The van der Waals surface area contributed by atoms with Gasteiger partial charge in [0.2, 0.25) is 5.91 Å². The molecule has 0 unspecified atom stereocenters. The fourth-order valence-electron chi connectivity index (χ4n) is 2.55. The van der Waals surface area contributed by atoms with Crippen molar-refractivity contribution in [3.8, 4) is 0 Å². The van der Waals surface area contributed by atoms with Gasteiger partial charge >= 0.3 is 0 Å². The van der Waals surface area contributed by atoms with Crippen molar-refractivity contribution in [3.63, 3.8) is 0 Å². The van der Waals surface area contributed by atoms with Crippen LogP contribution in [-0.4, -0.2) is 18.2 Å². The SMILES string of the molecule is O=C(CCSCc1ccccc1F)NCCC1=CCCCC1. The second kappa shape index (κ2) is 9.67. The Bertz CT molecular complexity index is 516. The summed E-state index contributed by atoms with van der Waals surface area (Å²) < 4.78 is 13.4. The third kappa shape index (κ3) is 6.22. The molecule has 2 nitrogen and oxygen atoms in total. The number of hydrogen-bond acceptors (Lipinski definition) is 2. The Morgan fingerprint density at radius 3 is 2.91 bits per heavy atom. The number of thioether (sulfide) groups is 1. The summed E-state index contributed by atoms with van der Waals surface area (Å²) in [6.07, 6.45) is 8.76. The minimum absolute atomic E-state index is 0.0949. The lowest BCUT2D eigenvalue weighted by molar-refractivity contribution is -0.120. The Balaban J connectivity index is 1.54. The van der Waals surface area contributed by atoms with Crippen molar-refractivity contribution >= 4 is 17.7 Å². The van der Waals surface area contributed by atoms with Crippen LogP contribution >= 0.6 is 11.8 Å². The first-order valence-corrected chi connectivity index (χ1v) is 9.17. The third-order valence-electron chi connectivity index (χ3n) is 3.84. The highest BCUT2D eigenvalue weighted by Gasteiger charge is 2.06. The fourth-order valence-corrected chi connectivity index (χ4v) is 3.47. The highest BCUT2D eigenvalue weighted by molar-refractivity contribution is 7.98. The van der Waals surface area contributed by atoms with Crippen LogP contribution in [-0.2, 0) is 10.5 Å². The summed E-state index contributed by atoms with van der Waals surface area (Å²) in [5.74, 6) is 1.27. The van der Waals surface area contributed by atoms with Gasteiger partial charge in [0.25, 0.3) is 0 Å². The molecule has 0 radical (unpaired) electrons. The Kier molecular flexibility index (Phi) is 7.50. The van der Waals surface area contributed by atoms with Crippen molar-refractivity contribution in [1.82, 2.24) is 5.32 Å². The van der Waals surface area contributed by atoms with Gasteiger partial charge in [-0.1, -0.05) is 29.8 Å². The summed E-state index contributed by atoms with van der Waals surface area (Å²) in [5.41, 5.74) is 2.19. The highest BCUT2D eigenvalue weighted by atomic mass is 32.2. The van der Waals surface area contributed by atoms with Crippen molar-refractivity contribution < 1.29 is 9.18 Å². The topological polar surface area (TPSA) is 29.1 Å². The fraction of sp³-hybridized carbons (Fsp3) is 0.500. The number of rotatable bonds is 8. The number of amides is 1. The van der Waals surface area contributed by atoms with Gasteiger partial charge in [-0.2, -0.15) is 11.8 Å². The molecule has 4 heteroatoms. The van der Waals surface area contributed by atoms with Gasteiger partial charge in [0.05, 0.1) is 0 Å². The van der Waals surface area contributed by atoms with Gasteiger partial charge < -0.3 is 5.32 Å². The quantitative estimate of drug-likeness (QED) is 0.566. The van der Waals surface area contributed by atoms with Crippen LogP contribution in [0.3, 0.4) is 0 Å². The molecule has 0 fully saturated rings. The molecule has 0 atom stereocenters. The van der Waals surface area contributed by atoms with Gasteiger partial charge in [-0.25, -0.2) is 4.39 Å². The summed E-state index contributed by atoms with van der Waals surface area (Å²) in [4.78, 5) is 11.7. The predicted octanol–water partition coefficient (Wildman–Crippen LogP) is 4.46. The molecule has 1 aromatic rings. The first-order valence-electron chi connectivity index (χ1n) is 8.01. The van der Waals surface area contributed by atoms with Crippen molar-refractivity contribution in [3.05, 3.63) is 47.3 Å². The van der Waals surface area contributed by atoms with Crippen LogP contribution in [0.5, 0.6) is 0 Å². The lowest BCUT2D eigenvalue weighted by Gasteiger charge is -2.12. The molecule has 1 aliphatic carbocycles. The summed E-state index contributed by atoms with van der Waals surface area (Å²) in [7, 11) is 0. The Morgan fingerprint density at radius 1 is 1.27 bits per heavy atom. The van der Waals surface area contributed by atoms with E-state index in [0.717, 1.165) is 18.7 Å². The molecule has 120 valence electrons. The van der Waals surface area contributed by atoms with Crippen LogP contribution in [0.1, 0.15) is 44.1 Å². The van der Waals surface area contributed by atoms with E-state index < -0.39 is 0 Å². The minimum atomic E-state index is -0.166. The zero-order chi connectivity index (χ0) is 15.6. The standard InChI is InChI=1S/C18H24FNOS/c19-17-9-5-4-8-16(17)14-22-13-11-18(21)20-12-10-15-6-2-1-3-7-15/h4-6,8-9H,1-3,7,10-14H2,(H,20,21). The van der Waals surface area contributed by atoms with E-state index in [0.29, 0.717) is 17.7 Å². The summed E-state index contributed by atoms with van der Waals surface area (Å²) in [6, 6.07) is 6.80. The van der Waals surface area contributed by atoms with Crippen LogP contribution < -0.4 is 5.32 Å². The molecule has 1 amide bonds. The Hall–Kier alpha value is -1.29.